The SMILES string of the molecule is C=CCC[Si](C)(CCCC)CCCC. The molecular weight excluding hydrogens is 184 g/mol. The van der Waals surface area contributed by atoms with E-state index in [-0.39, 0.29) is 0 Å². The summed E-state index contributed by atoms with van der Waals surface area (Å²) in [5, 5.41) is 0. The van der Waals surface area contributed by atoms with E-state index < -0.39 is 8.07 Å². The van der Waals surface area contributed by atoms with E-state index in [4.69, 9.17) is 0 Å². The maximum absolute atomic E-state index is 3.85. The molecule has 0 spiro atoms. The van der Waals surface area contributed by atoms with Crippen molar-refractivity contribution in [3.8, 4) is 0 Å². The molecule has 0 amide bonds. The van der Waals surface area contributed by atoms with Crippen LogP contribution in [0.2, 0.25) is 24.7 Å². The fraction of sp³-hybridized carbons (Fsp3) is 0.846. The summed E-state index contributed by atoms with van der Waals surface area (Å²) >= 11 is 0. The van der Waals surface area contributed by atoms with Gasteiger partial charge in [-0.05, 0) is 6.42 Å². The lowest BCUT2D eigenvalue weighted by Gasteiger charge is -2.27. The van der Waals surface area contributed by atoms with Gasteiger partial charge in [-0.25, -0.2) is 0 Å². The second-order valence-electron chi connectivity index (χ2n) is 4.85. The van der Waals surface area contributed by atoms with Gasteiger partial charge in [0.25, 0.3) is 0 Å². The van der Waals surface area contributed by atoms with Crippen LogP contribution < -0.4 is 0 Å². The molecule has 0 aliphatic carbocycles. The molecule has 0 bridgehead atoms. The van der Waals surface area contributed by atoms with Crippen LogP contribution in [0.15, 0.2) is 12.7 Å². The third-order valence-electron chi connectivity index (χ3n) is 3.22. The first kappa shape index (κ1) is 14.0. The Bertz CT molecular complexity index is 132. The molecule has 0 saturated heterocycles. The quantitative estimate of drug-likeness (QED) is 0.362. The van der Waals surface area contributed by atoms with E-state index in [0.717, 1.165) is 0 Å². The smallest absolute Gasteiger partial charge is 0.0507 e. The minimum absolute atomic E-state index is 0.884. The van der Waals surface area contributed by atoms with Crippen molar-refractivity contribution in [1.29, 1.82) is 0 Å². The van der Waals surface area contributed by atoms with Crippen molar-refractivity contribution in [3.05, 3.63) is 12.7 Å². The maximum atomic E-state index is 3.85. The van der Waals surface area contributed by atoms with Gasteiger partial charge in [0.05, 0.1) is 8.07 Å². The van der Waals surface area contributed by atoms with Crippen LogP contribution >= 0.6 is 0 Å². The molecule has 0 radical (unpaired) electrons. The fourth-order valence-corrected chi connectivity index (χ4v) is 6.10. The monoisotopic (exact) mass is 212 g/mol. The molecule has 0 rings (SSSR count). The molecule has 0 unspecified atom stereocenters. The van der Waals surface area contributed by atoms with Gasteiger partial charge in [0.15, 0.2) is 0 Å². The Hall–Kier alpha value is -0.0431. The highest BCUT2D eigenvalue weighted by atomic mass is 28.3. The van der Waals surface area contributed by atoms with Gasteiger partial charge in [0, 0.05) is 0 Å². The van der Waals surface area contributed by atoms with Crippen molar-refractivity contribution >= 4 is 8.07 Å². The minimum atomic E-state index is -0.884. The second-order valence-corrected chi connectivity index (χ2v) is 9.97. The van der Waals surface area contributed by atoms with Crippen LogP contribution in [0.25, 0.3) is 0 Å². The standard InChI is InChI=1S/C13H28Si/c1-5-8-11-14(4,12-9-6-2)13-10-7-3/h5H,1,6-13H2,2-4H3. The molecule has 1 heteroatoms. The van der Waals surface area contributed by atoms with Crippen LogP contribution in [0.3, 0.4) is 0 Å². The fourth-order valence-electron chi connectivity index (χ4n) is 2.03. The molecule has 84 valence electrons. The van der Waals surface area contributed by atoms with Crippen molar-refractivity contribution in [1.82, 2.24) is 0 Å². The molecule has 14 heavy (non-hydrogen) atoms. The lowest BCUT2D eigenvalue weighted by Crippen LogP contribution is -2.29. The highest BCUT2D eigenvalue weighted by Crippen LogP contribution is 2.27. The third-order valence-corrected chi connectivity index (χ3v) is 7.84. The van der Waals surface area contributed by atoms with Crippen molar-refractivity contribution < 1.29 is 0 Å². The number of rotatable bonds is 9. The molecule has 0 aromatic carbocycles. The van der Waals surface area contributed by atoms with Crippen LogP contribution in [0.4, 0.5) is 0 Å². The first-order valence-corrected chi connectivity index (χ1v) is 9.41. The highest BCUT2D eigenvalue weighted by Gasteiger charge is 2.24. The summed E-state index contributed by atoms with van der Waals surface area (Å²) in [5.74, 6) is 0. The Kier molecular flexibility index (Phi) is 8.25. The zero-order chi connectivity index (χ0) is 10.9. The maximum Gasteiger partial charge on any atom is 0.0507 e. The molecule has 0 heterocycles. The van der Waals surface area contributed by atoms with E-state index in [1.807, 2.05) is 0 Å². The molecule has 0 aromatic heterocycles. The molecule has 0 aliphatic heterocycles. The van der Waals surface area contributed by atoms with E-state index in [0.29, 0.717) is 0 Å². The van der Waals surface area contributed by atoms with Crippen LogP contribution in [0.1, 0.15) is 46.0 Å². The van der Waals surface area contributed by atoms with Gasteiger partial charge >= 0.3 is 0 Å². The molecule has 0 N–H and O–H groups in total. The molecular formula is C13H28Si. The minimum Gasteiger partial charge on any atom is -0.103 e. The van der Waals surface area contributed by atoms with Crippen LogP contribution in [0, 0.1) is 0 Å². The van der Waals surface area contributed by atoms with Gasteiger partial charge < -0.3 is 0 Å². The number of allylic oxidation sites excluding steroid dienone is 1. The average molecular weight is 212 g/mol. The largest absolute Gasteiger partial charge is 0.103 e. The Morgan fingerprint density at radius 3 is 1.86 bits per heavy atom. The van der Waals surface area contributed by atoms with Gasteiger partial charge in [-0.1, -0.05) is 70.3 Å². The van der Waals surface area contributed by atoms with E-state index in [1.165, 1.54) is 50.2 Å². The Labute approximate surface area is 91.8 Å². The van der Waals surface area contributed by atoms with Gasteiger partial charge in [0.2, 0.25) is 0 Å². The number of hydrogen-bond acceptors (Lipinski definition) is 0. The Morgan fingerprint density at radius 1 is 1.00 bits per heavy atom. The third kappa shape index (κ3) is 6.42. The summed E-state index contributed by atoms with van der Waals surface area (Å²) < 4.78 is 0. The van der Waals surface area contributed by atoms with Crippen LogP contribution in [-0.4, -0.2) is 8.07 Å². The molecule has 0 saturated carbocycles. The molecule has 0 nitrogen and oxygen atoms in total. The normalized spacial score (nSPS) is 11.6. The van der Waals surface area contributed by atoms with E-state index in [1.54, 1.807) is 0 Å². The molecule has 0 fully saturated rings. The summed E-state index contributed by atoms with van der Waals surface area (Å²) in [5.41, 5.74) is 0. The average Bonchev–Trinajstić information content (AvgIpc) is 2.21. The van der Waals surface area contributed by atoms with Crippen molar-refractivity contribution in [2.24, 2.45) is 0 Å². The van der Waals surface area contributed by atoms with Crippen molar-refractivity contribution in [2.45, 2.75) is 70.6 Å². The summed E-state index contributed by atoms with van der Waals surface area (Å²) in [4.78, 5) is 0. The van der Waals surface area contributed by atoms with Crippen molar-refractivity contribution in [2.75, 3.05) is 0 Å². The summed E-state index contributed by atoms with van der Waals surface area (Å²) in [6.45, 7) is 11.1. The predicted octanol–water partition coefficient (Wildman–Crippen LogP) is 5.24. The second kappa shape index (κ2) is 8.28. The summed E-state index contributed by atoms with van der Waals surface area (Å²) in [6, 6.07) is 4.55. The number of hydrogen-bond donors (Lipinski definition) is 0. The lowest BCUT2D eigenvalue weighted by atomic mass is 10.4. The van der Waals surface area contributed by atoms with E-state index in [9.17, 15) is 0 Å². The van der Waals surface area contributed by atoms with Gasteiger partial charge in [-0.15, -0.1) is 6.58 Å². The highest BCUT2D eigenvalue weighted by molar-refractivity contribution is 6.78. The van der Waals surface area contributed by atoms with Gasteiger partial charge in [-0.2, -0.15) is 0 Å². The van der Waals surface area contributed by atoms with E-state index >= 15 is 0 Å². The number of unbranched alkanes of at least 4 members (excludes halogenated alkanes) is 2. The molecule has 0 aliphatic rings. The first-order valence-electron chi connectivity index (χ1n) is 6.29. The summed E-state index contributed by atoms with van der Waals surface area (Å²) in [6.07, 6.45) is 8.97. The van der Waals surface area contributed by atoms with Crippen LogP contribution in [0.5, 0.6) is 0 Å². The topological polar surface area (TPSA) is 0 Å². The van der Waals surface area contributed by atoms with E-state index in [2.05, 4.69) is 33.0 Å². The summed E-state index contributed by atoms with van der Waals surface area (Å²) in [7, 11) is -0.884. The van der Waals surface area contributed by atoms with Gasteiger partial charge in [0.1, 0.15) is 0 Å². The van der Waals surface area contributed by atoms with Crippen molar-refractivity contribution in [3.63, 3.8) is 0 Å². The lowest BCUT2D eigenvalue weighted by molar-refractivity contribution is 0.819. The Balaban J connectivity index is 3.95. The zero-order valence-electron chi connectivity index (χ0n) is 10.4. The molecule has 0 aromatic rings. The Morgan fingerprint density at radius 2 is 1.50 bits per heavy atom. The zero-order valence-corrected chi connectivity index (χ0v) is 11.4. The van der Waals surface area contributed by atoms with Crippen LogP contribution in [-0.2, 0) is 0 Å². The van der Waals surface area contributed by atoms with Gasteiger partial charge in [-0.3, -0.25) is 0 Å². The first-order chi connectivity index (χ1) is 6.68. The molecule has 0 atom stereocenters. The predicted molar refractivity (Wildman–Crippen MR) is 70.7 cm³/mol.